The highest BCUT2D eigenvalue weighted by Crippen LogP contribution is 2.37. The van der Waals surface area contributed by atoms with Gasteiger partial charge in [-0.3, -0.25) is 4.79 Å². The van der Waals surface area contributed by atoms with Crippen molar-refractivity contribution in [2.24, 2.45) is 5.73 Å². The van der Waals surface area contributed by atoms with Gasteiger partial charge in [0.25, 0.3) is 6.43 Å². The zero-order valence-electron chi connectivity index (χ0n) is 8.26. The normalized spacial score (nSPS) is 11.9. The van der Waals surface area contributed by atoms with Gasteiger partial charge >= 0.3 is 6.18 Å². The van der Waals surface area contributed by atoms with Crippen molar-refractivity contribution in [3.8, 4) is 0 Å². The van der Waals surface area contributed by atoms with Crippen molar-refractivity contribution in [1.29, 1.82) is 0 Å². The molecular formula is C9H7F5N2O. The quantitative estimate of drug-likeness (QED) is 0.665. The van der Waals surface area contributed by atoms with Crippen molar-refractivity contribution in [3.05, 3.63) is 28.6 Å². The minimum atomic E-state index is -5.07. The summed E-state index contributed by atoms with van der Waals surface area (Å²) in [5.41, 5.74) is 0.834. The van der Waals surface area contributed by atoms with Gasteiger partial charge in [-0.25, -0.2) is 13.8 Å². The summed E-state index contributed by atoms with van der Waals surface area (Å²) < 4.78 is 62.5. The predicted molar refractivity (Wildman–Crippen MR) is 47.5 cm³/mol. The van der Waals surface area contributed by atoms with E-state index < -0.39 is 29.4 Å². The maximum absolute atomic E-state index is 12.5. The molecule has 0 bridgehead atoms. The van der Waals surface area contributed by atoms with E-state index in [1.165, 1.54) is 0 Å². The van der Waals surface area contributed by atoms with Gasteiger partial charge in [0.2, 0.25) is 0 Å². The van der Waals surface area contributed by atoms with Gasteiger partial charge in [-0.05, 0) is 6.07 Å². The summed E-state index contributed by atoms with van der Waals surface area (Å²) in [4.78, 5) is 13.6. The lowest BCUT2D eigenvalue weighted by Crippen LogP contribution is -2.17. The van der Waals surface area contributed by atoms with Crippen LogP contribution in [-0.2, 0) is 12.7 Å². The van der Waals surface area contributed by atoms with E-state index in [1.54, 1.807) is 0 Å². The van der Waals surface area contributed by atoms with Gasteiger partial charge in [0.15, 0.2) is 6.29 Å². The van der Waals surface area contributed by atoms with Gasteiger partial charge < -0.3 is 5.73 Å². The number of carbonyl (C=O) groups is 1. The average molecular weight is 254 g/mol. The molecule has 0 spiro atoms. The molecule has 0 fully saturated rings. The van der Waals surface area contributed by atoms with E-state index in [9.17, 15) is 26.7 Å². The summed E-state index contributed by atoms with van der Waals surface area (Å²) in [5.74, 6) is 0. The Balaban J connectivity index is 3.58. The Kier molecular flexibility index (Phi) is 3.76. The highest BCUT2D eigenvalue weighted by molar-refractivity contribution is 5.78. The second-order valence-corrected chi connectivity index (χ2v) is 3.08. The van der Waals surface area contributed by atoms with Gasteiger partial charge in [-0.1, -0.05) is 0 Å². The van der Waals surface area contributed by atoms with Crippen LogP contribution in [-0.4, -0.2) is 11.3 Å². The van der Waals surface area contributed by atoms with Crippen LogP contribution in [0.15, 0.2) is 6.07 Å². The molecule has 94 valence electrons. The number of hydrogen-bond donors (Lipinski definition) is 1. The third kappa shape index (κ3) is 2.76. The van der Waals surface area contributed by atoms with E-state index in [0.29, 0.717) is 0 Å². The maximum atomic E-state index is 12.5. The number of nitrogens with two attached hydrogens (primary N) is 1. The molecular weight excluding hydrogens is 247 g/mol. The van der Waals surface area contributed by atoms with Gasteiger partial charge in [0, 0.05) is 12.1 Å². The number of alkyl halides is 5. The topological polar surface area (TPSA) is 56.0 Å². The summed E-state index contributed by atoms with van der Waals surface area (Å²) >= 11 is 0. The molecule has 0 aliphatic carbocycles. The molecule has 0 radical (unpaired) electrons. The molecule has 1 aromatic rings. The smallest absolute Gasteiger partial charge is 0.325 e. The lowest BCUT2D eigenvalue weighted by Gasteiger charge is -2.14. The van der Waals surface area contributed by atoms with Crippen LogP contribution >= 0.6 is 0 Å². The van der Waals surface area contributed by atoms with E-state index in [2.05, 4.69) is 4.98 Å². The fraction of sp³-hybridized carbons (Fsp3) is 0.333. The summed E-state index contributed by atoms with van der Waals surface area (Å²) in [6.45, 7) is -0.335. The molecule has 0 aromatic carbocycles. The van der Waals surface area contributed by atoms with E-state index in [-0.39, 0.29) is 18.5 Å². The van der Waals surface area contributed by atoms with Crippen molar-refractivity contribution in [3.63, 3.8) is 0 Å². The Labute approximate surface area is 92.4 Å². The Morgan fingerprint density at radius 1 is 1.41 bits per heavy atom. The Hall–Kier alpha value is -1.57. The van der Waals surface area contributed by atoms with E-state index >= 15 is 0 Å². The van der Waals surface area contributed by atoms with E-state index in [0.717, 1.165) is 6.07 Å². The van der Waals surface area contributed by atoms with Crippen molar-refractivity contribution in [2.75, 3.05) is 0 Å². The van der Waals surface area contributed by atoms with Gasteiger partial charge in [0.05, 0.1) is 11.3 Å². The van der Waals surface area contributed by atoms with Crippen LogP contribution in [0.1, 0.15) is 33.7 Å². The lowest BCUT2D eigenvalue weighted by molar-refractivity contribution is -0.140. The molecule has 8 heteroatoms. The van der Waals surface area contributed by atoms with E-state index in [1.807, 2.05) is 0 Å². The van der Waals surface area contributed by atoms with Crippen LogP contribution in [0.4, 0.5) is 22.0 Å². The molecule has 1 heterocycles. The number of halogens is 5. The maximum Gasteiger partial charge on any atom is 0.419 e. The highest BCUT2D eigenvalue weighted by Gasteiger charge is 2.39. The molecule has 0 saturated carbocycles. The summed E-state index contributed by atoms with van der Waals surface area (Å²) in [6.07, 6.45) is -8.64. The molecule has 17 heavy (non-hydrogen) atoms. The first-order valence-electron chi connectivity index (χ1n) is 4.35. The lowest BCUT2D eigenvalue weighted by atomic mass is 10.1. The fourth-order valence-corrected chi connectivity index (χ4v) is 1.31. The SMILES string of the molecule is NCc1cc(C=O)c(C(F)(F)F)c(C(F)F)n1. The monoisotopic (exact) mass is 254 g/mol. The molecule has 0 saturated heterocycles. The first-order valence-corrected chi connectivity index (χ1v) is 4.35. The molecule has 0 aliphatic rings. The molecule has 1 rings (SSSR count). The molecule has 2 N–H and O–H groups in total. The van der Waals surface area contributed by atoms with Crippen molar-refractivity contribution in [2.45, 2.75) is 19.1 Å². The van der Waals surface area contributed by atoms with Crippen LogP contribution < -0.4 is 5.73 Å². The van der Waals surface area contributed by atoms with Crippen LogP contribution in [0, 0.1) is 0 Å². The van der Waals surface area contributed by atoms with Gasteiger partial charge in [-0.2, -0.15) is 13.2 Å². The summed E-state index contributed by atoms with van der Waals surface area (Å²) in [6, 6.07) is 0.752. The Bertz CT molecular complexity index is 430. The third-order valence-electron chi connectivity index (χ3n) is 1.96. The number of pyridine rings is 1. The zero-order valence-corrected chi connectivity index (χ0v) is 8.26. The highest BCUT2D eigenvalue weighted by atomic mass is 19.4. The number of carbonyl (C=O) groups excluding carboxylic acids is 1. The largest absolute Gasteiger partial charge is 0.419 e. The van der Waals surface area contributed by atoms with E-state index in [4.69, 9.17) is 5.73 Å². The molecule has 3 nitrogen and oxygen atoms in total. The number of aldehydes is 1. The first-order chi connectivity index (χ1) is 7.81. The minimum absolute atomic E-state index is 0.143. The molecule has 0 unspecified atom stereocenters. The molecule has 0 aliphatic heterocycles. The predicted octanol–water partition coefficient (Wildman–Crippen LogP) is 2.31. The number of nitrogens with zero attached hydrogens (tertiary/aromatic N) is 1. The Morgan fingerprint density at radius 3 is 2.35 bits per heavy atom. The van der Waals surface area contributed by atoms with Crippen LogP contribution in [0.3, 0.4) is 0 Å². The molecule has 0 amide bonds. The second kappa shape index (κ2) is 4.74. The molecule has 0 atom stereocenters. The summed E-state index contributed by atoms with van der Waals surface area (Å²) in [7, 11) is 0. The van der Waals surface area contributed by atoms with Crippen molar-refractivity contribution in [1.82, 2.24) is 4.98 Å². The van der Waals surface area contributed by atoms with Crippen molar-refractivity contribution < 1.29 is 26.7 Å². The third-order valence-corrected chi connectivity index (χ3v) is 1.96. The zero-order chi connectivity index (χ0) is 13.2. The Morgan fingerprint density at radius 2 is 2.00 bits per heavy atom. The van der Waals surface area contributed by atoms with Crippen molar-refractivity contribution >= 4 is 6.29 Å². The van der Waals surface area contributed by atoms with Crippen LogP contribution in [0.2, 0.25) is 0 Å². The van der Waals surface area contributed by atoms with Crippen LogP contribution in [0.25, 0.3) is 0 Å². The standard InChI is InChI=1S/C9H7F5N2O/c10-8(11)7-6(9(12,13)14)4(3-17)1-5(2-15)16-7/h1,3,8H,2,15H2. The summed E-state index contributed by atoms with van der Waals surface area (Å²) in [5, 5.41) is 0. The second-order valence-electron chi connectivity index (χ2n) is 3.08. The number of hydrogen-bond acceptors (Lipinski definition) is 3. The van der Waals surface area contributed by atoms with Gasteiger partial charge in [0.1, 0.15) is 5.69 Å². The molecule has 1 aromatic heterocycles. The number of rotatable bonds is 3. The average Bonchev–Trinajstić information content (AvgIpc) is 2.25. The van der Waals surface area contributed by atoms with Gasteiger partial charge in [-0.15, -0.1) is 0 Å². The first kappa shape index (κ1) is 13.5. The fourth-order valence-electron chi connectivity index (χ4n) is 1.31. The van der Waals surface area contributed by atoms with Crippen LogP contribution in [0.5, 0.6) is 0 Å². The minimum Gasteiger partial charge on any atom is -0.325 e. The number of aromatic nitrogens is 1.